The van der Waals surface area contributed by atoms with E-state index in [0.717, 1.165) is 18.6 Å². The summed E-state index contributed by atoms with van der Waals surface area (Å²) in [5.74, 6) is -0.754. The van der Waals surface area contributed by atoms with Crippen LogP contribution in [0, 0.1) is 24.2 Å². The SMILES string of the molecule is COC(=O)C1C(O)=CC(=O)CC1C1(CSc2ccc(C)cc2)CC1. The van der Waals surface area contributed by atoms with Crippen molar-refractivity contribution < 1.29 is 19.4 Å². The Labute approximate surface area is 146 Å². The van der Waals surface area contributed by atoms with Gasteiger partial charge in [0.15, 0.2) is 5.78 Å². The van der Waals surface area contributed by atoms with Crippen molar-refractivity contribution in [1.82, 2.24) is 0 Å². The van der Waals surface area contributed by atoms with Gasteiger partial charge in [0.25, 0.3) is 0 Å². The Morgan fingerprint density at radius 2 is 2.00 bits per heavy atom. The Balaban J connectivity index is 1.77. The number of aryl methyl sites for hydroxylation is 1. The number of benzene rings is 1. The largest absolute Gasteiger partial charge is 0.511 e. The predicted octanol–water partition coefficient (Wildman–Crippen LogP) is 3.69. The van der Waals surface area contributed by atoms with Crippen molar-refractivity contribution in [2.45, 2.75) is 31.1 Å². The molecule has 0 aromatic heterocycles. The molecule has 0 spiro atoms. The lowest BCUT2D eigenvalue weighted by atomic mass is 9.73. The molecule has 2 aliphatic carbocycles. The fraction of sp³-hybridized carbons (Fsp3) is 0.474. The van der Waals surface area contributed by atoms with Gasteiger partial charge in [-0.1, -0.05) is 17.7 Å². The maximum absolute atomic E-state index is 12.1. The Hall–Kier alpha value is -1.75. The molecule has 5 heteroatoms. The first-order valence-corrected chi connectivity index (χ1v) is 9.14. The van der Waals surface area contributed by atoms with Crippen LogP contribution in [0.5, 0.6) is 0 Å². The van der Waals surface area contributed by atoms with Crippen LogP contribution >= 0.6 is 11.8 Å². The summed E-state index contributed by atoms with van der Waals surface area (Å²) in [5.41, 5.74) is 1.14. The number of ketones is 1. The summed E-state index contributed by atoms with van der Waals surface area (Å²) in [4.78, 5) is 25.3. The van der Waals surface area contributed by atoms with E-state index >= 15 is 0 Å². The second kappa shape index (κ2) is 6.63. The van der Waals surface area contributed by atoms with Crippen molar-refractivity contribution in [2.75, 3.05) is 12.9 Å². The third kappa shape index (κ3) is 3.36. The van der Waals surface area contributed by atoms with Gasteiger partial charge in [-0.2, -0.15) is 0 Å². The summed E-state index contributed by atoms with van der Waals surface area (Å²) in [5, 5.41) is 10.2. The molecular weight excluding hydrogens is 324 g/mol. The Morgan fingerprint density at radius 1 is 1.33 bits per heavy atom. The van der Waals surface area contributed by atoms with Crippen molar-refractivity contribution in [3.8, 4) is 0 Å². The number of thioether (sulfide) groups is 1. The van der Waals surface area contributed by atoms with E-state index < -0.39 is 11.9 Å². The summed E-state index contributed by atoms with van der Waals surface area (Å²) in [6, 6.07) is 8.35. The highest BCUT2D eigenvalue weighted by Gasteiger charge is 2.56. The lowest BCUT2D eigenvalue weighted by Gasteiger charge is -2.34. The third-order valence-corrected chi connectivity index (χ3v) is 6.46. The zero-order valence-electron chi connectivity index (χ0n) is 14.0. The Morgan fingerprint density at radius 3 is 2.58 bits per heavy atom. The van der Waals surface area contributed by atoms with Crippen LogP contribution in [-0.2, 0) is 14.3 Å². The molecule has 2 unspecified atom stereocenters. The fourth-order valence-corrected chi connectivity index (χ4v) is 4.77. The smallest absolute Gasteiger partial charge is 0.316 e. The number of carbonyl (C=O) groups is 2. The van der Waals surface area contributed by atoms with Crippen LogP contribution < -0.4 is 0 Å². The lowest BCUT2D eigenvalue weighted by molar-refractivity contribution is -0.148. The molecule has 0 radical (unpaired) electrons. The highest BCUT2D eigenvalue weighted by Crippen LogP contribution is 2.59. The molecule has 24 heavy (non-hydrogen) atoms. The molecule has 2 atom stereocenters. The van der Waals surface area contributed by atoms with Crippen molar-refractivity contribution in [3.05, 3.63) is 41.7 Å². The van der Waals surface area contributed by atoms with E-state index in [-0.39, 0.29) is 22.9 Å². The molecule has 0 saturated heterocycles. The van der Waals surface area contributed by atoms with Gasteiger partial charge in [0, 0.05) is 23.1 Å². The average molecular weight is 346 g/mol. The number of hydrogen-bond donors (Lipinski definition) is 1. The number of aliphatic hydroxyl groups excluding tert-OH is 1. The molecular formula is C19H22O4S. The number of aliphatic hydroxyl groups is 1. The quantitative estimate of drug-likeness (QED) is 0.651. The lowest BCUT2D eigenvalue weighted by Crippen LogP contribution is -2.38. The van der Waals surface area contributed by atoms with E-state index in [0.29, 0.717) is 6.42 Å². The number of allylic oxidation sites excluding steroid dienone is 1. The number of rotatable bonds is 5. The molecule has 3 rings (SSSR count). The first kappa shape index (κ1) is 17.1. The summed E-state index contributed by atoms with van der Waals surface area (Å²) in [6.45, 7) is 2.06. The zero-order valence-corrected chi connectivity index (χ0v) is 14.8. The second-order valence-corrected chi connectivity index (χ2v) is 7.86. The predicted molar refractivity (Wildman–Crippen MR) is 92.9 cm³/mol. The van der Waals surface area contributed by atoms with Crippen molar-refractivity contribution in [2.24, 2.45) is 17.3 Å². The summed E-state index contributed by atoms with van der Waals surface area (Å²) >= 11 is 1.75. The van der Waals surface area contributed by atoms with E-state index in [1.165, 1.54) is 23.6 Å². The van der Waals surface area contributed by atoms with Gasteiger partial charge in [-0.25, -0.2) is 0 Å². The maximum Gasteiger partial charge on any atom is 0.316 e. The van der Waals surface area contributed by atoms with E-state index in [2.05, 4.69) is 31.2 Å². The van der Waals surface area contributed by atoms with Gasteiger partial charge in [-0.05, 0) is 43.2 Å². The van der Waals surface area contributed by atoms with Gasteiger partial charge in [0.05, 0.1) is 7.11 Å². The topological polar surface area (TPSA) is 63.6 Å². The number of hydrogen-bond acceptors (Lipinski definition) is 5. The van der Waals surface area contributed by atoms with Crippen LogP contribution in [0.2, 0.25) is 0 Å². The van der Waals surface area contributed by atoms with Crippen LogP contribution in [0.15, 0.2) is 41.0 Å². The Bertz CT molecular complexity index is 673. The molecule has 1 aromatic rings. The van der Waals surface area contributed by atoms with E-state index in [1.54, 1.807) is 11.8 Å². The highest BCUT2D eigenvalue weighted by molar-refractivity contribution is 7.99. The minimum atomic E-state index is -0.714. The maximum atomic E-state index is 12.1. The molecule has 0 amide bonds. The molecule has 128 valence electrons. The number of ether oxygens (including phenoxy) is 1. The molecule has 1 N–H and O–H groups in total. The van der Waals surface area contributed by atoms with E-state index in [4.69, 9.17) is 4.74 Å². The fourth-order valence-electron chi connectivity index (χ4n) is 3.48. The van der Waals surface area contributed by atoms with Gasteiger partial charge in [-0.15, -0.1) is 11.8 Å². The van der Waals surface area contributed by atoms with Crippen LogP contribution in [0.4, 0.5) is 0 Å². The molecule has 0 bridgehead atoms. The first-order chi connectivity index (χ1) is 11.4. The molecule has 4 nitrogen and oxygen atoms in total. The minimum Gasteiger partial charge on any atom is -0.511 e. The summed E-state index contributed by atoms with van der Waals surface area (Å²) in [6.07, 6.45) is 3.44. The third-order valence-electron chi connectivity index (χ3n) is 5.13. The zero-order chi connectivity index (χ0) is 17.3. The molecule has 0 heterocycles. The second-order valence-electron chi connectivity index (χ2n) is 6.81. The highest BCUT2D eigenvalue weighted by atomic mass is 32.2. The van der Waals surface area contributed by atoms with Crippen LogP contribution in [0.1, 0.15) is 24.8 Å². The normalized spacial score (nSPS) is 25.1. The molecule has 1 aromatic carbocycles. The molecule has 0 aliphatic heterocycles. The monoisotopic (exact) mass is 346 g/mol. The van der Waals surface area contributed by atoms with Gasteiger partial charge in [0.2, 0.25) is 0 Å². The molecule has 2 aliphatic rings. The van der Waals surface area contributed by atoms with Crippen molar-refractivity contribution >= 4 is 23.5 Å². The van der Waals surface area contributed by atoms with Crippen LogP contribution in [0.3, 0.4) is 0 Å². The summed E-state index contributed by atoms with van der Waals surface area (Å²) < 4.78 is 4.87. The Kier molecular flexibility index (Phi) is 4.72. The number of carbonyl (C=O) groups excluding carboxylic acids is 2. The van der Waals surface area contributed by atoms with E-state index in [1.807, 2.05) is 0 Å². The van der Waals surface area contributed by atoms with Gasteiger partial charge in [-0.3, -0.25) is 9.59 Å². The molecule has 1 saturated carbocycles. The van der Waals surface area contributed by atoms with Gasteiger partial charge in [0.1, 0.15) is 11.7 Å². The van der Waals surface area contributed by atoms with Crippen LogP contribution in [0.25, 0.3) is 0 Å². The van der Waals surface area contributed by atoms with Gasteiger partial charge < -0.3 is 9.84 Å². The first-order valence-electron chi connectivity index (χ1n) is 8.16. The standard InChI is InChI=1S/C19H22O4S/c1-12-3-5-14(6-4-12)24-11-19(7-8-19)15-9-13(20)10-16(21)17(15)18(22)23-2/h3-6,10,15,17,21H,7-9,11H2,1-2H3. The average Bonchev–Trinajstić information content (AvgIpc) is 3.34. The molecule has 1 fully saturated rings. The van der Waals surface area contributed by atoms with Gasteiger partial charge >= 0.3 is 5.97 Å². The minimum absolute atomic E-state index is 0.0771. The van der Waals surface area contributed by atoms with Crippen molar-refractivity contribution in [1.29, 1.82) is 0 Å². The number of methoxy groups -OCH3 is 1. The number of esters is 1. The van der Waals surface area contributed by atoms with E-state index in [9.17, 15) is 14.7 Å². The van der Waals surface area contributed by atoms with Crippen molar-refractivity contribution in [3.63, 3.8) is 0 Å². The summed E-state index contributed by atoms with van der Waals surface area (Å²) in [7, 11) is 1.32. The van der Waals surface area contributed by atoms with Crippen LogP contribution in [-0.4, -0.2) is 29.7 Å².